The first-order chi connectivity index (χ1) is 16.7. The number of allylic oxidation sites excluding steroid dienone is 1. The Bertz CT molecular complexity index is 1320. The van der Waals surface area contributed by atoms with E-state index in [0.717, 1.165) is 28.4 Å². The number of para-hydroxylation sites is 2. The van der Waals surface area contributed by atoms with E-state index in [1.54, 1.807) is 13.3 Å². The summed E-state index contributed by atoms with van der Waals surface area (Å²) in [7, 11) is 3.79. The predicted molar refractivity (Wildman–Crippen MR) is 149 cm³/mol. The molecule has 1 fully saturated rings. The Labute approximate surface area is 217 Å². The van der Waals surface area contributed by atoms with Crippen LogP contribution in [0, 0.1) is 0 Å². The third-order valence-electron chi connectivity index (χ3n) is 7.10. The van der Waals surface area contributed by atoms with E-state index in [0.29, 0.717) is 10.1 Å². The molecular formula is C28H29ClN4OS. The number of ether oxygens (including phenoxy) is 1. The van der Waals surface area contributed by atoms with Crippen molar-refractivity contribution in [1.29, 1.82) is 0 Å². The number of hydrogen-bond acceptors (Lipinski definition) is 4. The zero-order chi connectivity index (χ0) is 24.9. The van der Waals surface area contributed by atoms with Gasteiger partial charge < -0.3 is 19.9 Å². The highest BCUT2D eigenvalue weighted by Gasteiger charge is 2.43. The Morgan fingerprint density at radius 2 is 1.83 bits per heavy atom. The summed E-state index contributed by atoms with van der Waals surface area (Å²) in [4.78, 5) is 9.04. The third-order valence-corrected chi connectivity index (χ3v) is 7.74. The lowest BCUT2D eigenvalue weighted by Crippen LogP contribution is -2.42. The minimum Gasteiger partial charge on any atom is -0.495 e. The highest BCUT2D eigenvalue weighted by Crippen LogP contribution is 2.49. The maximum atomic E-state index is 7.08. The van der Waals surface area contributed by atoms with Crippen LogP contribution in [0.15, 0.2) is 66.9 Å². The molecule has 35 heavy (non-hydrogen) atoms. The molecule has 0 aliphatic carbocycles. The second kappa shape index (κ2) is 8.85. The van der Waals surface area contributed by atoms with Crippen LogP contribution in [0.3, 0.4) is 0 Å². The zero-order valence-corrected chi connectivity index (χ0v) is 22.1. The van der Waals surface area contributed by atoms with Gasteiger partial charge in [-0.1, -0.05) is 35.9 Å². The number of likely N-dealkylation sites (N-methyl/N-ethyl adjacent to an activating group) is 1. The number of methoxy groups -OCH3 is 1. The molecule has 2 unspecified atom stereocenters. The van der Waals surface area contributed by atoms with Crippen LogP contribution < -0.4 is 19.9 Å². The van der Waals surface area contributed by atoms with Crippen molar-refractivity contribution in [3.05, 3.63) is 88.7 Å². The van der Waals surface area contributed by atoms with Crippen LogP contribution in [-0.2, 0) is 0 Å². The molecule has 5 nitrogen and oxygen atoms in total. The van der Waals surface area contributed by atoms with E-state index in [1.165, 1.54) is 11.1 Å². The number of nitrogens with zero attached hydrogens (tertiary/aromatic N) is 3. The SMILES string of the molecule is COc1ccccc1N1C(=S)NC(c2ccccn2)C1c1cc2c(cc1Cl)N(C)C(C)(C)C=C2C. The topological polar surface area (TPSA) is 40.6 Å². The fraction of sp³-hybridized carbons (Fsp3) is 0.286. The number of rotatable bonds is 4. The molecule has 1 N–H and O–H groups in total. The van der Waals surface area contributed by atoms with Crippen LogP contribution in [0.4, 0.5) is 11.4 Å². The standard InChI is InChI=1S/C28H29ClN4OS/c1-17-16-28(2,3)32(4)23-15-20(29)19(14-18(17)23)26-25(21-10-8-9-13-30-21)31-27(35)33(26)22-11-6-7-12-24(22)34-5/h6-16,25-26H,1-5H3,(H,31,35). The van der Waals surface area contributed by atoms with Crippen molar-refractivity contribution < 1.29 is 4.74 Å². The lowest BCUT2D eigenvalue weighted by Gasteiger charge is -2.41. The molecule has 2 atom stereocenters. The van der Waals surface area contributed by atoms with Gasteiger partial charge in [-0.05, 0) is 80.5 Å². The molecule has 3 aromatic rings. The van der Waals surface area contributed by atoms with E-state index in [9.17, 15) is 0 Å². The second-order valence-corrected chi connectivity index (χ2v) is 10.4. The number of nitrogens with one attached hydrogen (secondary N) is 1. The molecule has 180 valence electrons. The molecule has 0 saturated carbocycles. The molecule has 5 rings (SSSR count). The number of benzene rings is 2. The molecule has 7 heteroatoms. The first-order valence-electron chi connectivity index (χ1n) is 11.6. The number of anilines is 2. The number of halogens is 1. The van der Waals surface area contributed by atoms with E-state index in [-0.39, 0.29) is 17.6 Å². The molecular weight excluding hydrogens is 476 g/mol. The van der Waals surface area contributed by atoms with Crippen molar-refractivity contribution in [2.24, 2.45) is 0 Å². The number of thiocarbonyl (C=S) groups is 1. The van der Waals surface area contributed by atoms with Crippen molar-refractivity contribution >= 4 is 45.9 Å². The summed E-state index contributed by atoms with van der Waals surface area (Å²) in [5.74, 6) is 0.745. The molecule has 0 spiro atoms. The van der Waals surface area contributed by atoms with E-state index < -0.39 is 0 Å². The molecule has 0 radical (unpaired) electrons. The van der Waals surface area contributed by atoms with Gasteiger partial charge in [0.2, 0.25) is 0 Å². The average Bonchev–Trinajstić information content (AvgIpc) is 3.19. The van der Waals surface area contributed by atoms with Crippen molar-refractivity contribution in [2.75, 3.05) is 24.0 Å². The Kier molecular flexibility index (Phi) is 5.98. The van der Waals surface area contributed by atoms with Gasteiger partial charge in [-0.25, -0.2) is 0 Å². The largest absolute Gasteiger partial charge is 0.495 e. The smallest absolute Gasteiger partial charge is 0.174 e. The summed E-state index contributed by atoms with van der Waals surface area (Å²) in [6, 6.07) is 17.7. The van der Waals surface area contributed by atoms with E-state index in [1.807, 2.05) is 42.5 Å². The lowest BCUT2D eigenvalue weighted by molar-refractivity contribution is 0.414. The van der Waals surface area contributed by atoms with Crippen LogP contribution in [0.5, 0.6) is 5.75 Å². The van der Waals surface area contributed by atoms with Crippen LogP contribution >= 0.6 is 23.8 Å². The van der Waals surface area contributed by atoms with Crippen LogP contribution in [0.2, 0.25) is 5.02 Å². The second-order valence-electron chi connectivity index (χ2n) is 9.60. The van der Waals surface area contributed by atoms with Gasteiger partial charge in [0.15, 0.2) is 5.11 Å². The van der Waals surface area contributed by atoms with Crippen LogP contribution in [0.1, 0.15) is 49.7 Å². The maximum absolute atomic E-state index is 7.08. The first kappa shape index (κ1) is 23.6. The van der Waals surface area contributed by atoms with Crippen LogP contribution in [-0.4, -0.2) is 29.8 Å². The summed E-state index contributed by atoms with van der Waals surface area (Å²) < 4.78 is 5.71. The zero-order valence-electron chi connectivity index (χ0n) is 20.5. The van der Waals surface area contributed by atoms with E-state index in [4.69, 9.17) is 28.6 Å². The number of aromatic nitrogens is 1. The maximum Gasteiger partial charge on any atom is 0.174 e. The molecule has 2 aliphatic rings. The molecule has 0 amide bonds. The number of hydrogen-bond donors (Lipinski definition) is 1. The Hall–Kier alpha value is -3.09. The van der Waals surface area contributed by atoms with Gasteiger partial charge in [0.05, 0.1) is 36.1 Å². The van der Waals surface area contributed by atoms with Crippen LogP contribution in [0.25, 0.3) is 5.57 Å². The van der Waals surface area contributed by atoms with Gasteiger partial charge in [-0.15, -0.1) is 0 Å². The van der Waals surface area contributed by atoms with E-state index >= 15 is 0 Å². The fourth-order valence-corrected chi connectivity index (χ4v) is 5.78. The minimum absolute atomic E-state index is 0.0989. The minimum atomic E-state index is -0.223. The van der Waals surface area contributed by atoms with Gasteiger partial charge in [-0.3, -0.25) is 4.98 Å². The summed E-state index contributed by atoms with van der Waals surface area (Å²) in [6.45, 7) is 6.58. The molecule has 1 saturated heterocycles. The van der Waals surface area contributed by atoms with Gasteiger partial charge in [-0.2, -0.15) is 0 Å². The summed E-state index contributed by atoms with van der Waals surface area (Å²) in [5, 5.41) is 4.81. The summed E-state index contributed by atoms with van der Waals surface area (Å²) in [5.41, 5.74) is 6.19. The lowest BCUT2D eigenvalue weighted by atomic mass is 9.86. The monoisotopic (exact) mass is 504 g/mol. The first-order valence-corrected chi connectivity index (χ1v) is 12.4. The van der Waals surface area contributed by atoms with E-state index in [2.05, 4.69) is 66.1 Å². The average molecular weight is 505 g/mol. The molecule has 2 aromatic carbocycles. The molecule has 2 aliphatic heterocycles. The molecule has 0 bridgehead atoms. The Morgan fingerprint density at radius 3 is 2.54 bits per heavy atom. The highest BCUT2D eigenvalue weighted by atomic mass is 35.5. The van der Waals surface area contributed by atoms with Crippen molar-refractivity contribution in [3.63, 3.8) is 0 Å². The quantitative estimate of drug-likeness (QED) is 0.406. The predicted octanol–water partition coefficient (Wildman–Crippen LogP) is 6.55. The number of pyridine rings is 1. The summed E-state index contributed by atoms with van der Waals surface area (Å²) >= 11 is 13.0. The fourth-order valence-electron chi connectivity index (χ4n) is 5.17. The Balaban J connectivity index is 1.72. The molecule has 3 heterocycles. The van der Waals surface area contributed by atoms with Crippen molar-refractivity contribution in [2.45, 2.75) is 38.4 Å². The normalized spacial score (nSPS) is 20.9. The van der Waals surface area contributed by atoms with Gasteiger partial charge >= 0.3 is 0 Å². The van der Waals surface area contributed by atoms with Crippen molar-refractivity contribution in [3.8, 4) is 5.75 Å². The summed E-state index contributed by atoms with van der Waals surface area (Å²) in [6.07, 6.45) is 4.11. The van der Waals surface area contributed by atoms with Gasteiger partial charge in [0.25, 0.3) is 0 Å². The Morgan fingerprint density at radius 1 is 1.09 bits per heavy atom. The van der Waals surface area contributed by atoms with Gasteiger partial charge in [0, 0.05) is 29.5 Å². The molecule has 1 aromatic heterocycles. The third kappa shape index (κ3) is 3.95. The van der Waals surface area contributed by atoms with Gasteiger partial charge in [0.1, 0.15) is 5.75 Å². The highest BCUT2D eigenvalue weighted by molar-refractivity contribution is 7.80. The van der Waals surface area contributed by atoms with Crippen molar-refractivity contribution in [1.82, 2.24) is 10.3 Å². The number of fused-ring (bicyclic) bond motifs is 1.